The van der Waals surface area contributed by atoms with E-state index in [4.69, 9.17) is 9.84 Å². The summed E-state index contributed by atoms with van der Waals surface area (Å²) in [5, 5.41) is 11.4. The Kier molecular flexibility index (Phi) is 4.70. The Balaban J connectivity index is 3.00. The summed E-state index contributed by atoms with van der Waals surface area (Å²) >= 11 is 0. The number of benzene rings is 1. The summed E-state index contributed by atoms with van der Waals surface area (Å²) in [7, 11) is 0. The first-order valence-corrected chi connectivity index (χ1v) is 6.12. The number of ether oxygens (including phenoxy) is 1. The normalized spacial score (nSPS) is 12.7. The smallest absolute Gasteiger partial charge is 0.412 e. The predicted molar refractivity (Wildman–Crippen MR) is 72.3 cm³/mol. The summed E-state index contributed by atoms with van der Waals surface area (Å²) in [4.78, 5) is 22.7. The van der Waals surface area contributed by atoms with Crippen LogP contribution < -0.4 is 5.32 Å². The molecule has 0 fully saturated rings. The average molecular weight is 283 g/mol. The number of carbonyl (C=O) groups excluding carboxylic acids is 1. The SMILES string of the molecule is CC(C(=O)O)c1cc(F)ccc1NC(=O)OC(C)(C)C. The van der Waals surface area contributed by atoms with Crippen molar-refractivity contribution in [1.29, 1.82) is 0 Å². The lowest BCUT2D eigenvalue weighted by molar-refractivity contribution is -0.138. The van der Waals surface area contributed by atoms with Gasteiger partial charge in [-0.15, -0.1) is 0 Å². The third kappa shape index (κ3) is 4.53. The lowest BCUT2D eigenvalue weighted by atomic mass is 9.99. The number of hydrogen-bond acceptors (Lipinski definition) is 3. The van der Waals surface area contributed by atoms with Crippen molar-refractivity contribution in [2.45, 2.75) is 39.2 Å². The van der Waals surface area contributed by atoms with Crippen LogP contribution in [0.2, 0.25) is 0 Å². The van der Waals surface area contributed by atoms with Gasteiger partial charge in [-0.05, 0) is 51.5 Å². The Morgan fingerprint density at radius 2 is 1.95 bits per heavy atom. The molecule has 0 aliphatic rings. The Morgan fingerprint density at radius 3 is 2.45 bits per heavy atom. The number of anilines is 1. The molecule has 0 aliphatic heterocycles. The van der Waals surface area contributed by atoms with Crippen LogP contribution in [-0.4, -0.2) is 22.8 Å². The Labute approximate surface area is 116 Å². The molecule has 6 heteroatoms. The quantitative estimate of drug-likeness (QED) is 0.891. The standard InChI is InChI=1S/C14H18FNO4/c1-8(12(17)18)10-7-9(15)5-6-11(10)16-13(19)20-14(2,3)4/h5-8H,1-4H3,(H,16,19)(H,17,18). The fourth-order valence-corrected chi connectivity index (χ4v) is 1.55. The van der Waals surface area contributed by atoms with Gasteiger partial charge in [0.15, 0.2) is 0 Å². The molecule has 0 radical (unpaired) electrons. The molecule has 1 rings (SSSR count). The van der Waals surface area contributed by atoms with Gasteiger partial charge in [0, 0.05) is 5.69 Å². The molecular weight excluding hydrogens is 265 g/mol. The van der Waals surface area contributed by atoms with Crippen molar-refractivity contribution in [2.24, 2.45) is 0 Å². The van der Waals surface area contributed by atoms with E-state index in [1.807, 2.05) is 0 Å². The van der Waals surface area contributed by atoms with Gasteiger partial charge in [-0.3, -0.25) is 10.1 Å². The number of rotatable bonds is 3. The average Bonchev–Trinajstić information content (AvgIpc) is 2.27. The highest BCUT2D eigenvalue weighted by Crippen LogP contribution is 2.26. The van der Waals surface area contributed by atoms with E-state index in [1.54, 1.807) is 20.8 Å². The van der Waals surface area contributed by atoms with Gasteiger partial charge in [0.05, 0.1) is 5.92 Å². The van der Waals surface area contributed by atoms with Crippen LogP contribution in [0.1, 0.15) is 39.2 Å². The third-order valence-corrected chi connectivity index (χ3v) is 2.49. The van der Waals surface area contributed by atoms with Crippen LogP contribution in [0.3, 0.4) is 0 Å². The molecule has 2 N–H and O–H groups in total. The second-order valence-corrected chi connectivity index (χ2v) is 5.42. The summed E-state index contributed by atoms with van der Waals surface area (Å²) in [6.45, 7) is 6.53. The molecule has 20 heavy (non-hydrogen) atoms. The van der Waals surface area contributed by atoms with E-state index in [9.17, 15) is 14.0 Å². The summed E-state index contributed by atoms with van der Waals surface area (Å²) < 4.78 is 18.3. The van der Waals surface area contributed by atoms with Gasteiger partial charge >= 0.3 is 12.1 Å². The number of nitrogens with one attached hydrogen (secondary N) is 1. The highest BCUT2D eigenvalue weighted by molar-refractivity contribution is 5.88. The van der Waals surface area contributed by atoms with Crippen LogP contribution in [0, 0.1) is 5.82 Å². The zero-order chi connectivity index (χ0) is 15.5. The number of hydrogen-bond donors (Lipinski definition) is 2. The van der Waals surface area contributed by atoms with E-state index in [2.05, 4.69) is 5.32 Å². The van der Waals surface area contributed by atoms with Crippen LogP contribution in [0.25, 0.3) is 0 Å². The maximum Gasteiger partial charge on any atom is 0.412 e. The molecule has 0 saturated carbocycles. The fraction of sp³-hybridized carbons (Fsp3) is 0.429. The van der Waals surface area contributed by atoms with Gasteiger partial charge in [0.1, 0.15) is 11.4 Å². The van der Waals surface area contributed by atoms with Gasteiger partial charge in [-0.2, -0.15) is 0 Å². The van der Waals surface area contributed by atoms with Gasteiger partial charge in [0.25, 0.3) is 0 Å². The zero-order valence-corrected chi connectivity index (χ0v) is 11.9. The number of carboxylic acid groups (broad SMARTS) is 1. The minimum atomic E-state index is -1.11. The number of carboxylic acids is 1. The van der Waals surface area contributed by atoms with Crippen molar-refractivity contribution in [3.63, 3.8) is 0 Å². The van der Waals surface area contributed by atoms with Crippen LogP contribution >= 0.6 is 0 Å². The van der Waals surface area contributed by atoms with E-state index < -0.39 is 29.4 Å². The number of carbonyl (C=O) groups is 2. The minimum absolute atomic E-state index is 0.184. The minimum Gasteiger partial charge on any atom is -0.481 e. The van der Waals surface area contributed by atoms with E-state index >= 15 is 0 Å². The molecule has 0 heterocycles. The predicted octanol–water partition coefficient (Wildman–Crippen LogP) is 3.36. The molecular formula is C14H18FNO4. The van der Waals surface area contributed by atoms with E-state index in [-0.39, 0.29) is 11.3 Å². The van der Waals surface area contributed by atoms with Gasteiger partial charge in [-0.1, -0.05) is 0 Å². The lowest BCUT2D eigenvalue weighted by Gasteiger charge is -2.21. The van der Waals surface area contributed by atoms with Crippen molar-refractivity contribution in [3.05, 3.63) is 29.6 Å². The molecule has 1 atom stereocenters. The van der Waals surface area contributed by atoms with Crippen molar-refractivity contribution in [2.75, 3.05) is 5.32 Å². The van der Waals surface area contributed by atoms with Crippen LogP contribution in [0.5, 0.6) is 0 Å². The molecule has 0 aromatic heterocycles. The molecule has 1 aromatic rings. The van der Waals surface area contributed by atoms with Crippen LogP contribution in [0.4, 0.5) is 14.9 Å². The van der Waals surface area contributed by atoms with Gasteiger partial charge < -0.3 is 9.84 Å². The van der Waals surface area contributed by atoms with Crippen LogP contribution in [0.15, 0.2) is 18.2 Å². The summed E-state index contributed by atoms with van der Waals surface area (Å²) in [6, 6.07) is 3.55. The van der Waals surface area contributed by atoms with E-state index in [0.29, 0.717) is 0 Å². The van der Waals surface area contributed by atoms with E-state index in [0.717, 1.165) is 12.1 Å². The maximum atomic E-state index is 13.2. The highest BCUT2D eigenvalue weighted by atomic mass is 19.1. The largest absolute Gasteiger partial charge is 0.481 e. The van der Waals surface area contributed by atoms with Crippen LogP contribution in [-0.2, 0) is 9.53 Å². The van der Waals surface area contributed by atoms with Gasteiger partial charge in [0.2, 0.25) is 0 Å². The molecule has 1 unspecified atom stereocenters. The first-order valence-electron chi connectivity index (χ1n) is 6.12. The maximum absolute atomic E-state index is 13.2. The lowest BCUT2D eigenvalue weighted by Crippen LogP contribution is -2.27. The summed E-state index contributed by atoms with van der Waals surface area (Å²) in [5.41, 5.74) is -0.276. The first kappa shape index (κ1) is 15.9. The van der Waals surface area contributed by atoms with Crippen molar-refractivity contribution < 1.29 is 23.8 Å². The highest BCUT2D eigenvalue weighted by Gasteiger charge is 2.21. The number of halogens is 1. The number of aliphatic carboxylic acids is 1. The molecule has 110 valence electrons. The second-order valence-electron chi connectivity index (χ2n) is 5.42. The Bertz CT molecular complexity index is 522. The van der Waals surface area contributed by atoms with Crippen molar-refractivity contribution >= 4 is 17.7 Å². The van der Waals surface area contributed by atoms with E-state index in [1.165, 1.54) is 13.0 Å². The Hall–Kier alpha value is -2.11. The van der Waals surface area contributed by atoms with Crippen molar-refractivity contribution in [1.82, 2.24) is 0 Å². The molecule has 0 spiro atoms. The van der Waals surface area contributed by atoms with Gasteiger partial charge in [-0.25, -0.2) is 9.18 Å². The molecule has 5 nitrogen and oxygen atoms in total. The summed E-state index contributed by atoms with van der Waals surface area (Å²) in [6.07, 6.45) is -0.719. The fourth-order valence-electron chi connectivity index (χ4n) is 1.55. The number of amides is 1. The topological polar surface area (TPSA) is 75.6 Å². The molecule has 0 saturated heterocycles. The Morgan fingerprint density at radius 1 is 1.35 bits per heavy atom. The monoisotopic (exact) mass is 283 g/mol. The molecule has 0 aliphatic carbocycles. The molecule has 1 amide bonds. The van der Waals surface area contributed by atoms with Crippen molar-refractivity contribution in [3.8, 4) is 0 Å². The second kappa shape index (κ2) is 5.90. The molecule has 0 bridgehead atoms. The zero-order valence-electron chi connectivity index (χ0n) is 11.9. The molecule has 1 aromatic carbocycles. The summed E-state index contributed by atoms with van der Waals surface area (Å²) in [5.74, 6) is -2.62. The first-order chi connectivity index (χ1) is 9.10. The third-order valence-electron chi connectivity index (χ3n) is 2.49.